The predicted octanol–water partition coefficient (Wildman–Crippen LogP) is 2.30. The van der Waals surface area contributed by atoms with E-state index in [2.05, 4.69) is 21.7 Å². The third kappa shape index (κ3) is 4.92. The van der Waals surface area contributed by atoms with Gasteiger partial charge in [-0.3, -0.25) is 9.59 Å². The molecule has 23 heavy (non-hydrogen) atoms. The summed E-state index contributed by atoms with van der Waals surface area (Å²) < 4.78 is 0. The standard InChI is InChI=1S/C18H21N3O2/c1-12-4-6-15(14(3)10-12)8-9-19-17(22)18(23)21-16-7-5-13(2)11-20-16/h4-7,10-11H,8-9H2,1-3H3,(H,19,22)(H,20,21,23). The molecule has 1 aromatic heterocycles. The van der Waals surface area contributed by atoms with Gasteiger partial charge in [-0.25, -0.2) is 4.98 Å². The molecule has 0 saturated carbocycles. The number of nitrogens with zero attached hydrogens (tertiary/aromatic N) is 1. The fourth-order valence-electron chi connectivity index (χ4n) is 2.23. The number of anilines is 1. The average molecular weight is 311 g/mol. The first-order valence-electron chi connectivity index (χ1n) is 7.53. The van der Waals surface area contributed by atoms with Crippen LogP contribution in [-0.4, -0.2) is 23.3 Å². The summed E-state index contributed by atoms with van der Waals surface area (Å²) in [4.78, 5) is 27.6. The number of carbonyl (C=O) groups excluding carboxylic acids is 2. The quantitative estimate of drug-likeness (QED) is 0.851. The number of hydrogen-bond donors (Lipinski definition) is 2. The minimum atomic E-state index is -0.706. The number of amides is 2. The van der Waals surface area contributed by atoms with Gasteiger partial charge in [0.05, 0.1) is 0 Å². The van der Waals surface area contributed by atoms with Crippen LogP contribution in [0.1, 0.15) is 22.3 Å². The molecule has 2 aromatic rings. The molecule has 0 aliphatic rings. The molecule has 0 aliphatic carbocycles. The molecule has 1 heterocycles. The number of pyridine rings is 1. The molecular formula is C18H21N3O2. The maximum absolute atomic E-state index is 11.8. The highest BCUT2D eigenvalue weighted by molar-refractivity contribution is 6.39. The lowest BCUT2D eigenvalue weighted by atomic mass is 10.0. The summed E-state index contributed by atoms with van der Waals surface area (Å²) in [5, 5.41) is 5.10. The van der Waals surface area contributed by atoms with Crippen LogP contribution in [0.2, 0.25) is 0 Å². The maximum atomic E-state index is 11.8. The summed E-state index contributed by atoms with van der Waals surface area (Å²) in [6.45, 7) is 6.40. The van der Waals surface area contributed by atoms with Gasteiger partial charge in [-0.2, -0.15) is 0 Å². The lowest BCUT2D eigenvalue weighted by Gasteiger charge is -2.08. The molecule has 0 bridgehead atoms. The summed E-state index contributed by atoms with van der Waals surface area (Å²) in [6.07, 6.45) is 2.32. The van der Waals surface area contributed by atoms with E-state index in [-0.39, 0.29) is 0 Å². The Morgan fingerprint density at radius 2 is 1.74 bits per heavy atom. The molecule has 0 atom stereocenters. The fraction of sp³-hybridized carbons (Fsp3) is 0.278. The third-order valence-corrected chi connectivity index (χ3v) is 3.54. The monoisotopic (exact) mass is 311 g/mol. The summed E-state index contributed by atoms with van der Waals surface area (Å²) in [5.74, 6) is -0.996. The van der Waals surface area contributed by atoms with E-state index < -0.39 is 11.8 Å². The second kappa shape index (κ2) is 7.54. The average Bonchev–Trinajstić information content (AvgIpc) is 2.51. The molecule has 0 saturated heterocycles. The van der Waals surface area contributed by atoms with Crippen LogP contribution < -0.4 is 10.6 Å². The van der Waals surface area contributed by atoms with Crippen LogP contribution in [0.3, 0.4) is 0 Å². The van der Waals surface area contributed by atoms with Crippen molar-refractivity contribution in [3.05, 3.63) is 58.8 Å². The van der Waals surface area contributed by atoms with Crippen LogP contribution in [0.5, 0.6) is 0 Å². The first-order valence-corrected chi connectivity index (χ1v) is 7.53. The van der Waals surface area contributed by atoms with E-state index in [4.69, 9.17) is 0 Å². The molecule has 5 heteroatoms. The molecule has 2 rings (SSSR count). The second-order valence-corrected chi connectivity index (χ2v) is 5.61. The highest BCUT2D eigenvalue weighted by Gasteiger charge is 2.13. The summed E-state index contributed by atoms with van der Waals surface area (Å²) in [7, 11) is 0. The van der Waals surface area contributed by atoms with E-state index in [0.717, 1.165) is 11.1 Å². The first kappa shape index (κ1) is 16.7. The van der Waals surface area contributed by atoms with Crippen LogP contribution >= 0.6 is 0 Å². The van der Waals surface area contributed by atoms with Crippen molar-refractivity contribution in [2.45, 2.75) is 27.2 Å². The van der Waals surface area contributed by atoms with Gasteiger partial charge in [0.1, 0.15) is 5.82 Å². The van der Waals surface area contributed by atoms with Crippen LogP contribution in [0.15, 0.2) is 36.5 Å². The molecule has 120 valence electrons. The van der Waals surface area contributed by atoms with Crippen molar-refractivity contribution >= 4 is 17.6 Å². The molecule has 0 unspecified atom stereocenters. The molecule has 2 N–H and O–H groups in total. The Labute approximate surface area is 136 Å². The number of benzene rings is 1. The number of hydrogen-bond acceptors (Lipinski definition) is 3. The SMILES string of the molecule is Cc1ccc(NC(=O)C(=O)NCCc2ccc(C)cc2C)nc1. The molecule has 5 nitrogen and oxygen atoms in total. The zero-order chi connectivity index (χ0) is 16.8. The number of rotatable bonds is 4. The molecule has 2 amide bonds. The normalized spacial score (nSPS) is 10.2. The van der Waals surface area contributed by atoms with Gasteiger partial charge in [-0.15, -0.1) is 0 Å². The molecule has 1 aromatic carbocycles. The van der Waals surface area contributed by atoms with E-state index in [1.165, 1.54) is 11.1 Å². The van der Waals surface area contributed by atoms with Crippen LogP contribution in [0.4, 0.5) is 5.82 Å². The minimum absolute atomic E-state index is 0.366. The van der Waals surface area contributed by atoms with Gasteiger partial charge in [0.2, 0.25) is 0 Å². The third-order valence-electron chi connectivity index (χ3n) is 3.54. The van der Waals surface area contributed by atoms with Crippen molar-refractivity contribution in [1.29, 1.82) is 0 Å². The smallest absolute Gasteiger partial charge is 0.314 e. The van der Waals surface area contributed by atoms with E-state index in [1.54, 1.807) is 12.3 Å². The van der Waals surface area contributed by atoms with Gasteiger partial charge >= 0.3 is 11.8 Å². The van der Waals surface area contributed by atoms with Gasteiger partial charge in [-0.1, -0.05) is 29.8 Å². The van der Waals surface area contributed by atoms with Gasteiger partial charge in [-0.05, 0) is 49.9 Å². The van der Waals surface area contributed by atoms with Crippen molar-refractivity contribution < 1.29 is 9.59 Å². The van der Waals surface area contributed by atoms with Crippen LogP contribution in [-0.2, 0) is 16.0 Å². The Balaban J connectivity index is 1.82. The Hall–Kier alpha value is -2.69. The van der Waals surface area contributed by atoms with Gasteiger partial charge in [0.15, 0.2) is 0 Å². The molecule has 0 radical (unpaired) electrons. The summed E-state index contributed by atoms with van der Waals surface area (Å²) >= 11 is 0. The first-order chi connectivity index (χ1) is 11.0. The van der Waals surface area contributed by atoms with Crippen molar-refractivity contribution in [1.82, 2.24) is 10.3 Å². The van der Waals surface area contributed by atoms with E-state index in [9.17, 15) is 9.59 Å². The predicted molar refractivity (Wildman–Crippen MR) is 90.2 cm³/mol. The maximum Gasteiger partial charge on any atom is 0.314 e. The lowest BCUT2D eigenvalue weighted by molar-refractivity contribution is -0.136. The Morgan fingerprint density at radius 1 is 1.00 bits per heavy atom. The van der Waals surface area contributed by atoms with Crippen LogP contribution in [0, 0.1) is 20.8 Å². The number of aromatic nitrogens is 1. The zero-order valence-corrected chi connectivity index (χ0v) is 13.6. The van der Waals surface area contributed by atoms with Gasteiger partial charge in [0.25, 0.3) is 0 Å². The largest absolute Gasteiger partial charge is 0.347 e. The summed E-state index contributed by atoms with van der Waals surface area (Å²) in [5.41, 5.74) is 4.55. The van der Waals surface area contributed by atoms with Gasteiger partial charge in [0, 0.05) is 12.7 Å². The topological polar surface area (TPSA) is 71.1 Å². The second-order valence-electron chi connectivity index (χ2n) is 5.61. The number of carbonyl (C=O) groups is 2. The molecule has 0 fully saturated rings. The van der Waals surface area contributed by atoms with Crippen molar-refractivity contribution in [3.8, 4) is 0 Å². The van der Waals surface area contributed by atoms with E-state index in [1.807, 2.05) is 39.0 Å². The van der Waals surface area contributed by atoms with E-state index >= 15 is 0 Å². The molecule has 0 spiro atoms. The van der Waals surface area contributed by atoms with Crippen molar-refractivity contribution in [2.24, 2.45) is 0 Å². The lowest BCUT2D eigenvalue weighted by Crippen LogP contribution is -2.36. The highest BCUT2D eigenvalue weighted by atomic mass is 16.2. The Bertz CT molecular complexity index is 709. The number of nitrogens with one attached hydrogen (secondary N) is 2. The molecular weight excluding hydrogens is 290 g/mol. The highest BCUT2D eigenvalue weighted by Crippen LogP contribution is 2.10. The number of aryl methyl sites for hydroxylation is 3. The van der Waals surface area contributed by atoms with Crippen molar-refractivity contribution in [2.75, 3.05) is 11.9 Å². The fourth-order valence-corrected chi connectivity index (χ4v) is 2.23. The van der Waals surface area contributed by atoms with Gasteiger partial charge < -0.3 is 10.6 Å². The van der Waals surface area contributed by atoms with Crippen molar-refractivity contribution in [3.63, 3.8) is 0 Å². The van der Waals surface area contributed by atoms with Crippen LogP contribution in [0.25, 0.3) is 0 Å². The van der Waals surface area contributed by atoms with E-state index in [0.29, 0.717) is 18.8 Å². The minimum Gasteiger partial charge on any atom is -0.347 e. The zero-order valence-electron chi connectivity index (χ0n) is 13.6. The summed E-state index contributed by atoms with van der Waals surface area (Å²) in [6, 6.07) is 9.68. The molecule has 0 aliphatic heterocycles. The Morgan fingerprint density at radius 3 is 2.39 bits per heavy atom. The Kier molecular flexibility index (Phi) is 5.46.